The van der Waals surface area contributed by atoms with E-state index in [4.69, 9.17) is 9.47 Å². The smallest absolute Gasteiger partial charge is 0.227 e. The van der Waals surface area contributed by atoms with Gasteiger partial charge < -0.3 is 19.3 Å². The molecule has 0 spiro atoms. The number of aromatic nitrogens is 2. The van der Waals surface area contributed by atoms with Gasteiger partial charge in [0.15, 0.2) is 5.82 Å². The van der Waals surface area contributed by atoms with Crippen LogP contribution in [0.15, 0.2) is 54.6 Å². The average Bonchev–Trinajstić information content (AvgIpc) is 3.31. The number of nitrogens with one attached hydrogen (secondary N) is 1. The van der Waals surface area contributed by atoms with Crippen LogP contribution in [0.25, 0.3) is 11.3 Å². The standard InChI is InChI=1S/C24H28N4O3/c1-3-31-21-8-4-18(5-9-21)16-24(29)28-14-12-27(13-15-28)23-17-22(25-26-23)19-6-10-20(30-2)11-7-19/h4-11,17H,3,12-16H2,1-2H3,(H,25,26). The Kier molecular flexibility index (Phi) is 6.40. The van der Waals surface area contributed by atoms with Crippen molar-refractivity contribution in [1.29, 1.82) is 0 Å². The van der Waals surface area contributed by atoms with Crippen molar-refractivity contribution in [2.75, 3.05) is 44.8 Å². The number of anilines is 1. The molecule has 1 aliphatic rings. The molecular weight excluding hydrogens is 392 g/mol. The maximum absolute atomic E-state index is 12.7. The lowest BCUT2D eigenvalue weighted by atomic mass is 10.1. The first kappa shape index (κ1) is 20.8. The van der Waals surface area contributed by atoms with Gasteiger partial charge in [-0.15, -0.1) is 0 Å². The minimum Gasteiger partial charge on any atom is -0.497 e. The second kappa shape index (κ2) is 9.55. The number of amides is 1. The summed E-state index contributed by atoms with van der Waals surface area (Å²) in [6.07, 6.45) is 0.413. The van der Waals surface area contributed by atoms with E-state index in [2.05, 4.69) is 21.2 Å². The molecule has 162 valence electrons. The van der Waals surface area contributed by atoms with Crippen LogP contribution < -0.4 is 14.4 Å². The molecule has 1 amide bonds. The van der Waals surface area contributed by atoms with Crippen LogP contribution in [-0.4, -0.2) is 60.9 Å². The zero-order chi connectivity index (χ0) is 21.6. The van der Waals surface area contributed by atoms with Gasteiger partial charge in [0.25, 0.3) is 0 Å². The molecule has 31 heavy (non-hydrogen) atoms. The van der Waals surface area contributed by atoms with Gasteiger partial charge in [-0.05, 0) is 54.4 Å². The van der Waals surface area contributed by atoms with Crippen LogP contribution in [-0.2, 0) is 11.2 Å². The molecule has 0 saturated carbocycles. The zero-order valence-electron chi connectivity index (χ0n) is 18.0. The number of piperazine rings is 1. The van der Waals surface area contributed by atoms with E-state index in [9.17, 15) is 4.79 Å². The lowest BCUT2D eigenvalue weighted by molar-refractivity contribution is -0.130. The van der Waals surface area contributed by atoms with Gasteiger partial charge >= 0.3 is 0 Å². The molecule has 7 nitrogen and oxygen atoms in total. The van der Waals surface area contributed by atoms with Crippen LogP contribution in [0.5, 0.6) is 11.5 Å². The number of nitrogens with zero attached hydrogens (tertiary/aromatic N) is 3. The van der Waals surface area contributed by atoms with Crippen molar-refractivity contribution in [2.45, 2.75) is 13.3 Å². The normalized spacial score (nSPS) is 13.9. The zero-order valence-corrected chi connectivity index (χ0v) is 18.0. The van der Waals surface area contributed by atoms with E-state index in [1.807, 2.05) is 60.4 Å². The number of hydrogen-bond acceptors (Lipinski definition) is 5. The fraction of sp³-hybridized carbons (Fsp3) is 0.333. The van der Waals surface area contributed by atoms with Gasteiger partial charge in [0.1, 0.15) is 11.5 Å². The highest BCUT2D eigenvalue weighted by atomic mass is 16.5. The molecule has 0 radical (unpaired) electrons. The molecule has 3 aromatic rings. The third-order valence-corrected chi connectivity index (χ3v) is 5.51. The quantitative estimate of drug-likeness (QED) is 0.635. The first-order chi connectivity index (χ1) is 15.2. The lowest BCUT2D eigenvalue weighted by Gasteiger charge is -2.34. The second-order valence-electron chi connectivity index (χ2n) is 7.49. The van der Waals surface area contributed by atoms with Crippen molar-refractivity contribution < 1.29 is 14.3 Å². The van der Waals surface area contributed by atoms with Crippen LogP contribution in [0, 0.1) is 0 Å². The average molecular weight is 421 g/mol. The number of carbonyl (C=O) groups is 1. The van der Waals surface area contributed by atoms with Crippen LogP contribution >= 0.6 is 0 Å². The minimum atomic E-state index is 0.157. The predicted octanol–water partition coefficient (Wildman–Crippen LogP) is 3.38. The molecule has 1 aromatic heterocycles. The summed E-state index contributed by atoms with van der Waals surface area (Å²) in [6.45, 7) is 5.52. The number of methoxy groups -OCH3 is 1. The highest BCUT2D eigenvalue weighted by molar-refractivity contribution is 5.79. The Labute approximate surface area is 182 Å². The Morgan fingerprint density at radius 1 is 1.00 bits per heavy atom. The number of H-pyrrole nitrogens is 1. The number of benzene rings is 2. The van der Waals surface area contributed by atoms with Gasteiger partial charge in [0, 0.05) is 32.2 Å². The number of ether oxygens (including phenoxy) is 2. The maximum Gasteiger partial charge on any atom is 0.227 e. The number of hydrogen-bond donors (Lipinski definition) is 1. The summed E-state index contributed by atoms with van der Waals surface area (Å²) in [4.78, 5) is 16.9. The molecule has 7 heteroatoms. The highest BCUT2D eigenvalue weighted by Gasteiger charge is 2.23. The fourth-order valence-electron chi connectivity index (χ4n) is 3.73. The minimum absolute atomic E-state index is 0.157. The fourth-order valence-corrected chi connectivity index (χ4v) is 3.73. The van der Waals surface area contributed by atoms with E-state index in [0.717, 1.165) is 47.2 Å². The number of rotatable bonds is 7. The van der Waals surface area contributed by atoms with E-state index >= 15 is 0 Å². The topological polar surface area (TPSA) is 70.7 Å². The van der Waals surface area contributed by atoms with Gasteiger partial charge in [0.2, 0.25) is 5.91 Å². The molecule has 1 saturated heterocycles. The Morgan fingerprint density at radius 2 is 1.68 bits per heavy atom. The van der Waals surface area contributed by atoms with Crippen LogP contribution in [0.3, 0.4) is 0 Å². The Balaban J connectivity index is 1.31. The van der Waals surface area contributed by atoms with Crippen molar-refractivity contribution >= 4 is 11.7 Å². The Bertz CT molecular complexity index is 990. The third-order valence-electron chi connectivity index (χ3n) is 5.51. The molecule has 0 unspecified atom stereocenters. The van der Waals surface area contributed by atoms with E-state index < -0.39 is 0 Å². The van der Waals surface area contributed by atoms with Crippen molar-refractivity contribution in [2.24, 2.45) is 0 Å². The summed E-state index contributed by atoms with van der Waals surface area (Å²) in [5, 5.41) is 7.59. The molecular formula is C24H28N4O3. The van der Waals surface area contributed by atoms with Gasteiger partial charge in [-0.25, -0.2) is 0 Å². The molecule has 0 aliphatic carbocycles. The summed E-state index contributed by atoms with van der Waals surface area (Å²) in [7, 11) is 1.66. The largest absolute Gasteiger partial charge is 0.497 e. The van der Waals surface area contributed by atoms with E-state index in [1.165, 1.54) is 0 Å². The van der Waals surface area contributed by atoms with E-state index in [-0.39, 0.29) is 5.91 Å². The Hall–Kier alpha value is -3.48. The van der Waals surface area contributed by atoms with Crippen LogP contribution in [0.2, 0.25) is 0 Å². The summed E-state index contributed by atoms with van der Waals surface area (Å²) < 4.78 is 10.7. The monoisotopic (exact) mass is 420 g/mol. The van der Waals surface area contributed by atoms with Crippen molar-refractivity contribution in [3.8, 4) is 22.8 Å². The number of carbonyl (C=O) groups excluding carboxylic acids is 1. The summed E-state index contributed by atoms with van der Waals surface area (Å²) in [5.74, 6) is 2.73. The molecule has 1 fully saturated rings. The molecule has 2 aromatic carbocycles. The maximum atomic E-state index is 12.7. The molecule has 1 N–H and O–H groups in total. The SMILES string of the molecule is CCOc1ccc(CC(=O)N2CCN(c3cc(-c4ccc(OC)cc4)[nH]n3)CC2)cc1. The summed E-state index contributed by atoms with van der Waals surface area (Å²) >= 11 is 0. The molecule has 1 aliphatic heterocycles. The molecule has 4 rings (SSSR count). The van der Waals surface area contributed by atoms with Crippen molar-refractivity contribution in [1.82, 2.24) is 15.1 Å². The van der Waals surface area contributed by atoms with Crippen molar-refractivity contribution in [3.05, 3.63) is 60.2 Å². The van der Waals surface area contributed by atoms with Gasteiger partial charge in [0.05, 0.1) is 25.8 Å². The highest BCUT2D eigenvalue weighted by Crippen LogP contribution is 2.24. The van der Waals surface area contributed by atoms with Gasteiger partial charge in [-0.3, -0.25) is 9.89 Å². The van der Waals surface area contributed by atoms with E-state index in [1.54, 1.807) is 7.11 Å². The summed E-state index contributed by atoms with van der Waals surface area (Å²) in [5.41, 5.74) is 3.03. The third kappa shape index (κ3) is 4.99. The predicted molar refractivity (Wildman–Crippen MR) is 121 cm³/mol. The second-order valence-corrected chi connectivity index (χ2v) is 7.49. The number of aromatic amines is 1. The first-order valence-electron chi connectivity index (χ1n) is 10.6. The molecule has 0 bridgehead atoms. The summed E-state index contributed by atoms with van der Waals surface area (Å²) in [6, 6.07) is 17.7. The van der Waals surface area contributed by atoms with E-state index in [0.29, 0.717) is 26.1 Å². The first-order valence-corrected chi connectivity index (χ1v) is 10.6. The van der Waals surface area contributed by atoms with Gasteiger partial charge in [-0.2, -0.15) is 5.10 Å². The van der Waals surface area contributed by atoms with Crippen LogP contribution in [0.4, 0.5) is 5.82 Å². The molecule has 0 atom stereocenters. The lowest BCUT2D eigenvalue weighted by Crippen LogP contribution is -2.49. The molecule has 2 heterocycles. The van der Waals surface area contributed by atoms with Crippen LogP contribution in [0.1, 0.15) is 12.5 Å². The Morgan fingerprint density at radius 3 is 2.32 bits per heavy atom. The van der Waals surface area contributed by atoms with Gasteiger partial charge in [-0.1, -0.05) is 12.1 Å². The van der Waals surface area contributed by atoms with Crippen molar-refractivity contribution in [3.63, 3.8) is 0 Å².